The lowest BCUT2D eigenvalue weighted by Crippen LogP contribution is -2.58. The summed E-state index contributed by atoms with van der Waals surface area (Å²) in [6.07, 6.45) is 0.761. The molecule has 0 aromatic heterocycles. The Kier molecular flexibility index (Phi) is 14.4. The van der Waals surface area contributed by atoms with Gasteiger partial charge in [0, 0.05) is 12.8 Å². The fourth-order valence-electron chi connectivity index (χ4n) is 2.48. The highest BCUT2D eigenvalue weighted by Crippen LogP contribution is 2.05. The first-order valence-corrected chi connectivity index (χ1v) is 11.3. The first-order valence-electron chi connectivity index (χ1n) is 9.92. The molecule has 188 valence electrons. The van der Waals surface area contributed by atoms with Crippen molar-refractivity contribution < 1.29 is 44.1 Å². The van der Waals surface area contributed by atoms with Gasteiger partial charge in [0.1, 0.15) is 18.1 Å². The summed E-state index contributed by atoms with van der Waals surface area (Å²) in [5, 5.41) is 34.1. The van der Waals surface area contributed by atoms with Crippen LogP contribution in [0.5, 0.6) is 0 Å². The lowest BCUT2D eigenvalue weighted by molar-refractivity contribution is -0.142. The normalized spacial score (nSPS) is 14.3. The topological polar surface area (TPSA) is 251 Å². The van der Waals surface area contributed by atoms with Crippen molar-refractivity contribution in [1.82, 2.24) is 16.0 Å². The largest absolute Gasteiger partial charge is 0.481 e. The second-order valence-electron chi connectivity index (χ2n) is 7.03. The Morgan fingerprint density at radius 1 is 0.818 bits per heavy atom. The fourth-order valence-corrected chi connectivity index (χ4v) is 2.95. The van der Waals surface area contributed by atoms with Gasteiger partial charge in [0.05, 0.1) is 12.6 Å². The van der Waals surface area contributed by atoms with Gasteiger partial charge in [0.15, 0.2) is 0 Å². The van der Waals surface area contributed by atoms with Crippen molar-refractivity contribution >= 4 is 47.3 Å². The minimum atomic E-state index is -1.48. The molecule has 15 heteroatoms. The second-order valence-corrected chi connectivity index (χ2v) is 8.02. The van der Waals surface area contributed by atoms with Gasteiger partial charge in [-0.1, -0.05) is 0 Å². The Morgan fingerprint density at radius 2 is 1.36 bits per heavy atom. The van der Waals surface area contributed by atoms with E-state index in [2.05, 4.69) is 16.0 Å². The number of aliphatic hydroxyl groups is 1. The van der Waals surface area contributed by atoms with Gasteiger partial charge in [-0.3, -0.25) is 24.0 Å². The molecule has 0 spiro atoms. The Labute approximate surface area is 194 Å². The van der Waals surface area contributed by atoms with Crippen molar-refractivity contribution in [3.05, 3.63) is 0 Å². The zero-order valence-corrected chi connectivity index (χ0v) is 18.9. The van der Waals surface area contributed by atoms with Crippen LogP contribution in [0.25, 0.3) is 0 Å². The number of carbonyl (C=O) groups excluding carboxylic acids is 4. The number of aliphatic carboxylic acids is 2. The lowest BCUT2D eigenvalue weighted by Gasteiger charge is -2.24. The minimum absolute atomic E-state index is 0.102. The second kappa shape index (κ2) is 15.8. The molecule has 0 aromatic carbocycles. The van der Waals surface area contributed by atoms with Crippen molar-refractivity contribution in [3.63, 3.8) is 0 Å². The molecule has 0 radical (unpaired) electrons. The van der Waals surface area contributed by atoms with Crippen LogP contribution in [-0.4, -0.2) is 93.7 Å². The van der Waals surface area contributed by atoms with E-state index in [0.29, 0.717) is 5.75 Å². The Hall–Kier alpha value is -2.91. The van der Waals surface area contributed by atoms with Crippen LogP contribution < -0.4 is 27.4 Å². The average molecular weight is 494 g/mol. The third kappa shape index (κ3) is 12.6. The summed E-state index contributed by atoms with van der Waals surface area (Å²) >= 11 is 1.36. The number of nitrogens with two attached hydrogens (primary N) is 2. The Balaban J connectivity index is 5.20. The molecule has 0 aliphatic heterocycles. The number of carbonyl (C=O) groups is 6. The average Bonchev–Trinajstić information content (AvgIpc) is 2.74. The molecule has 0 aliphatic rings. The standard InChI is InChI=1S/C18H31N5O9S/c1-33-7-6-10(16(29)22-11(18(31)32)3-4-13(20)25)21-17(30)12(8-24)23-15(28)9(19)2-5-14(26)27/h9-12,24H,2-8,19H2,1H3,(H2,20,25)(H,21,30)(H,22,29)(H,23,28)(H,26,27)(H,31,32). The molecule has 10 N–H and O–H groups in total. The summed E-state index contributed by atoms with van der Waals surface area (Å²) in [5.41, 5.74) is 10.6. The van der Waals surface area contributed by atoms with Crippen LogP contribution in [-0.2, 0) is 28.8 Å². The van der Waals surface area contributed by atoms with Crippen LogP contribution >= 0.6 is 11.8 Å². The molecule has 33 heavy (non-hydrogen) atoms. The summed E-state index contributed by atoms with van der Waals surface area (Å²) in [6, 6.07) is -5.34. The van der Waals surface area contributed by atoms with Crippen LogP contribution in [0.4, 0.5) is 0 Å². The van der Waals surface area contributed by atoms with E-state index in [4.69, 9.17) is 16.6 Å². The van der Waals surface area contributed by atoms with Crippen LogP contribution in [0, 0.1) is 0 Å². The van der Waals surface area contributed by atoms with Gasteiger partial charge in [-0.15, -0.1) is 0 Å². The molecule has 4 unspecified atom stereocenters. The highest BCUT2D eigenvalue weighted by Gasteiger charge is 2.30. The first-order chi connectivity index (χ1) is 15.4. The van der Waals surface area contributed by atoms with Crippen LogP contribution in [0.15, 0.2) is 0 Å². The van der Waals surface area contributed by atoms with E-state index in [1.54, 1.807) is 6.26 Å². The predicted octanol–water partition coefficient (Wildman–Crippen LogP) is -3.27. The number of carboxylic acids is 2. The quantitative estimate of drug-likeness (QED) is 0.0997. The molecule has 14 nitrogen and oxygen atoms in total. The monoisotopic (exact) mass is 493 g/mol. The molecule has 0 saturated heterocycles. The van der Waals surface area contributed by atoms with Crippen molar-refractivity contribution in [1.29, 1.82) is 0 Å². The van der Waals surface area contributed by atoms with Crippen molar-refractivity contribution in [2.45, 2.75) is 56.3 Å². The van der Waals surface area contributed by atoms with Gasteiger partial charge in [0.2, 0.25) is 23.6 Å². The molecule has 0 bridgehead atoms. The number of amides is 4. The minimum Gasteiger partial charge on any atom is -0.481 e. The summed E-state index contributed by atoms with van der Waals surface area (Å²) < 4.78 is 0. The SMILES string of the molecule is CSCCC(NC(=O)C(CO)NC(=O)C(N)CCC(=O)O)C(=O)NC(CCC(N)=O)C(=O)O. The number of nitrogens with one attached hydrogen (secondary N) is 3. The zero-order chi connectivity index (χ0) is 25.6. The summed E-state index contributed by atoms with van der Waals surface area (Å²) in [7, 11) is 0. The van der Waals surface area contributed by atoms with Crippen LogP contribution in [0.2, 0.25) is 0 Å². The highest BCUT2D eigenvalue weighted by atomic mass is 32.2. The number of thioether (sulfide) groups is 1. The van der Waals surface area contributed by atoms with E-state index >= 15 is 0 Å². The molecular formula is C18H31N5O9S. The highest BCUT2D eigenvalue weighted by molar-refractivity contribution is 7.98. The van der Waals surface area contributed by atoms with Gasteiger partial charge < -0.3 is 42.7 Å². The number of primary amides is 1. The number of carboxylic acid groups (broad SMARTS) is 2. The van der Waals surface area contributed by atoms with Gasteiger partial charge in [-0.2, -0.15) is 11.8 Å². The van der Waals surface area contributed by atoms with Gasteiger partial charge in [-0.25, -0.2) is 4.79 Å². The number of aliphatic hydroxyl groups excluding tert-OH is 1. The maximum atomic E-state index is 12.6. The molecule has 0 aromatic rings. The van der Waals surface area contributed by atoms with Crippen LogP contribution in [0.3, 0.4) is 0 Å². The number of hydrogen-bond acceptors (Lipinski definition) is 9. The molecule has 4 atom stereocenters. The van der Waals surface area contributed by atoms with Crippen LogP contribution in [0.1, 0.15) is 32.1 Å². The Morgan fingerprint density at radius 3 is 1.85 bits per heavy atom. The molecular weight excluding hydrogens is 462 g/mol. The van der Waals surface area contributed by atoms with Gasteiger partial charge in [0.25, 0.3) is 0 Å². The summed E-state index contributed by atoms with van der Waals surface area (Å²) in [5.74, 6) is -5.52. The van der Waals surface area contributed by atoms with E-state index in [1.165, 1.54) is 11.8 Å². The molecule has 0 heterocycles. The maximum Gasteiger partial charge on any atom is 0.326 e. The molecule has 0 saturated carbocycles. The van der Waals surface area contributed by atoms with E-state index in [1.807, 2.05) is 0 Å². The zero-order valence-electron chi connectivity index (χ0n) is 18.1. The van der Waals surface area contributed by atoms with E-state index in [-0.39, 0.29) is 32.1 Å². The number of rotatable bonds is 17. The third-order valence-electron chi connectivity index (χ3n) is 4.36. The van der Waals surface area contributed by atoms with E-state index in [0.717, 1.165) is 0 Å². The fraction of sp³-hybridized carbons (Fsp3) is 0.667. The van der Waals surface area contributed by atoms with E-state index < -0.39 is 66.3 Å². The smallest absolute Gasteiger partial charge is 0.326 e. The predicted molar refractivity (Wildman–Crippen MR) is 117 cm³/mol. The van der Waals surface area contributed by atoms with Gasteiger partial charge >= 0.3 is 11.9 Å². The molecule has 0 aliphatic carbocycles. The van der Waals surface area contributed by atoms with Gasteiger partial charge in [-0.05, 0) is 31.3 Å². The Bertz CT molecular complexity index is 721. The molecule has 0 fully saturated rings. The summed E-state index contributed by atoms with van der Waals surface area (Å²) in [6.45, 7) is -0.837. The lowest BCUT2D eigenvalue weighted by atomic mass is 10.1. The third-order valence-corrected chi connectivity index (χ3v) is 5.00. The summed E-state index contributed by atoms with van der Waals surface area (Å²) in [4.78, 5) is 70.0. The van der Waals surface area contributed by atoms with Crippen molar-refractivity contribution in [2.24, 2.45) is 11.5 Å². The van der Waals surface area contributed by atoms with Crippen molar-refractivity contribution in [3.8, 4) is 0 Å². The first kappa shape index (κ1) is 30.1. The molecule has 0 rings (SSSR count). The van der Waals surface area contributed by atoms with E-state index in [9.17, 15) is 39.0 Å². The molecule has 4 amide bonds. The number of hydrogen-bond donors (Lipinski definition) is 8. The van der Waals surface area contributed by atoms with Crippen molar-refractivity contribution in [2.75, 3.05) is 18.6 Å². The maximum absolute atomic E-state index is 12.6.